The number of benzene rings is 1. The Kier molecular flexibility index (Phi) is 5.70. The van der Waals surface area contributed by atoms with Crippen molar-refractivity contribution in [2.45, 2.75) is 39.2 Å². The molecule has 0 saturated carbocycles. The van der Waals surface area contributed by atoms with E-state index in [1.54, 1.807) is 6.92 Å². The van der Waals surface area contributed by atoms with Crippen molar-refractivity contribution in [1.82, 2.24) is 4.90 Å². The van der Waals surface area contributed by atoms with E-state index in [4.69, 9.17) is 0 Å². The van der Waals surface area contributed by atoms with Gasteiger partial charge in [-0.25, -0.2) is 8.78 Å². The molecular formula is C17H24F2N2O2. The van der Waals surface area contributed by atoms with Crippen molar-refractivity contribution in [3.05, 3.63) is 29.8 Å². The van der Waals surface area contributed by atoms with Gasteiger partial charge in [-0.3, -0.25) is 9.69 Å². The molecule has 1 aliphatic heterocycles. The summed E-state index contributed by atoms with van der Waals surface area (Å²) in [6, 6.07) is 2.54. The SMILES string of the molecule is CCC1(CO)CCN(C(C)C(=O)Nc2cc(F)ccc2F)CC1. The van der Waals surface area contributed by atoms with E-state index in [1.165, 1.54) is 0 Å². The van der Waals surface area contributed by atoms with E-state index in [0.717, 1.165) is 37.5 Å². The van der Waals surface area contributed by atoms with E-state index in [2.05, 4.69) is 12.2 Å². The highest BCUT2D eigenvalue weighted by molar-refractivity contribution is 5.94. The number of halogens is 2. The van der Waals surface area contributed by atoms with Gasteiger partial charge in [0.05, 0.1) is 11.7 Å². The number of carbonyl (C=O) groups excluding carboxylic acids is 1. The van der Waals surface area contributed by atoms with Crippen LogP contribution in [-0.4, -0.2) is 41.7 Å². The van der Waals surface area contributed by atoms with Gasteiger partial charge in [-0.2, -0.15) is 0 Å². The van der Waals surface area contributed by atoms with Crippen molar-refractivity contribution in [2.24, 2.45) is 5.41 Å². The van der Waals surface area contributed by atoms with Crippen LogP contribution in [-0.2, 0) is 4.79 Å². The minimum atomic E-state index is -0.657. The number of carbonyl (C=O) groups is 1. The fourth-order valence-corrected chi connectivity index (χ4v) is 3.01. The molecule has 0 radical (unpaired) electrons. The summed E-state index contributed by atoms with van der Waals surface area (Å²) in [6.07, 6.45) is 2.56. The van der Waals surface area contributed by atoms with Crippen molar-refractivity contribution >= 4 is 11.6 Å². The minimum absolute atomic E-state index is 0.0542. The van der Waals surface area contributed by atoms with Crippen LogP contribution in [0.1, 0.15) is 33.1 Å². The molecule has 1 saturated heterocycles. The van der Waals surface area contributed by atoms with Gasteiger partial charge in [-0.05, 0) is 56.8 Å². The molecule has 0 bridgehead atoms. The molecule has 128 valence electrons. The lowest BCUT2D eigenvalue weighted by atomic mass is 9.76. The lowest BCUT2D eigenvalue weighted by Gasteiger charge is -2.42. The molecule has 1 aromatic rings. The Balaban J connectivity index is 1.97. The number of nitrogens with zero attached hydrogens (tertiary/aromatic N) is 1. The molecule has 0 aliphatic carbocycles. The van der Waals surface area contributed by atoms with E-state index >= 15 is 0 Å². The monoisotopic (exact) mass is 326 g/mol. The zero-order valence-electron chi connectivity index (χ0n) is 13.6. The Morgan fingerprint density at radius 3 is 2.61 bits per heavy atom. The second-order valence-corrected chi connectivity index (χ2v) is 6.34. The Morgan fingerprint density at radius 1 is 1.39 bits per heavy atom. The molecule has 0 spiro atoms. The predicted octanol–water partition coefficient (Wildman–Crippen LogP) is 2.78. The first-order chi connectivity index (χ1) is 10.9. The first-order valence-electron chi connectivity index (χ1n) is 8.01. The van der Waals surface area contributed by atoms with E-state index < -0.39 is 17.7 Å². The van der Waals surface area contributed by atoms with Gasteiger partial charge in [-0.1, -0.05) is 6.92 Å². The summed E-state index contributed by atoms with van der Waals surface area (Å²) in [6.45, 7) is 5.38. The second kappa shape index (κ2) is 7.36. The van der Waals surface area contributed by atoms with Crippen molar-refractivity contribution in [1.29, 1.82) is 0 Å². The van der Waals surface area contributed by atoms with Crippen molar-refractivity contribution < 1.29 is 18.7 Å². The molecule has 0 aromatic heterocycles. The quantitative estimate of drug-likeness (QED) is 0.875. The fourth-order valence-electron chi connectivity index (χ4n) is 3.01. The molecule has 1 atom stereocenters. The highest BCUT2D eigenvalue weighted by Gasteiger charge is 2.35. The molecule has 1 amide bonds. The summed E-state index contributed by atoms with van der Waals surface area (Å²) < 4.78 is 26.8. The normalized spacial score (nSPS) is 19.3. The van der Waals surface area contributed by atoms with E-state index in [1.807, 2.05) is 4.90 Å². The van der Waals surface area contributed by atoms with Crippen molar-refractivity contribution in [3.8, 4) is 0 Å². The number of rotatable bonds is 5. The van der Waals surface area contributed by atoms with Crippen LogP contribution in [0.3, 0.4) is 0 Å². The largest absolute Gasteiger partial charge is 0.396 e. The zero-order valence-corrected chi connectivity index (χ0v) is 13.6. The van der Waals surface area contributed by atoms with Gasteiger partial charge in [0.25, 0.3) is 0 Å². The lowest BCUT2D eigenvalue weighted by molar-refractivity contribution is -0.122. The molecule has 1 heterocycles. The summed E-state index contributed by atoms with van der Waals surface area (Å²) in [5.41, 5.74) is -0.196. The maximum Gasteiger partial charge on any atom is 0.241 e. The number of aliphatic hydroxyl groups is 1. The van der Waals surface area contributed by atoms with E-state index in [9.17, 15) is 18.7 Å². The summed E-state index contributed by atoms with van der Waals surface area (Å²) in [5, 5.41) is 12.0. The Hall–Kier alpha value is -1.53. The summed E-state index contributed by atoms with van der Waals surface area (Å²) in [4.78, 5) is 14.3. The molecule has 1 fully saturated rings. The van der Waals surface area contributed by atoms with Gasteiger partial charge in [-0.15, -0.1) is 0 Å². The molecular weight excluding hydrogens is 302 g/mol. The third-order valence-corrected chi connectivity index (χ3v) is 5.06. The number of hydrogen-bond donors (Lipinski definition) is 2. The van der Waals surface area contributed by atoms with Crippen LogP contribution in [0.5, 0.6) is 0 Å². The predicted molar refractivity (Wildman–Crippen MR) is 85.1 cm³/mol. The van der Waals surface area contributed by atoms with Crippen LogP contribution in [0.4, 0.5) is 14.5 Å². The van der Waals surface area contributed by atoms with E-state index in [0.29, 0.717) is 13.1 Å². The molecule has 4 nitrogen and oxygen atoms in total. The van der Waals surface area contributed by atoms with Crippen molar-refractivity contribution in [3.63, 3.8) is 0 Å². The third kappa shape index (κ3) is 4.06. The second-order valence-electron chi connectivity index (χ2n) is 6.34. The highest BCUT2D eigenvalue weighted by Crippen LogP contribution is 2.34. The fraction of sp³-hybridized carbons (Fsp3) is 0.588. The Bertz CT molecular complexity index is 552. The van der Waals surface area contributed by atoms with Gasteiger partial charge in [0.15, 0.2) is 0 Å². The van der Waals surface area contributed by atoms with Gasteiger partial charge < -0.3 is 10.4 Å². The summed E-state index contributed by atoms with van der Waals surface area (Å²) >= 11 is 0. The Morgan fingerprint density at radius 2 is 2.04 bits per heavy atom. The smallest absolute Gasteiger partial charge is 0.241 e. The van der Waals surface area contributed by atoms with Crippen molar-refractivity contribution in [2.75, 3.05) is 25.0 Å². The van der Waals surface area contributed by atoms with E-state index in [-0.39, 0.29) is 23.6 Å². The van der Waals surface area contributed by atoms with Crippen LogP contribution in [0.15, 0.2) is 18.2 Å². The first-order valence-corrected chi connectivity index (χ1v) is 8.01. The number of hydrogen-bond acceptors (Lipinski definition) is 3. The van der Waals surface area contributed by atoms with Gasteiger partial charge in [0.1, 0.15) is 11.6 Å². The average Bonchev–Trinajstić information content (AvgIpc) is 2.57. The molecule has 2 rings (SSSR count). The molecule has 1 aromatic carbocycles. The number of likely N-dealkylation sites (tertiary alicyclic amines) is 1. The van der Waals surface area contributed by atoms with Crippen LogP contribution in [0.2, 0.25) is 0 Å². The van der Waals surface area contributed by atoms with Gasteiger partial charge in [0.2, 0.25) is 5.91 Å². The minimum Gasteiger partial charge on any atom is -0.396 e. The van der Waals surface area contributed by atoms with Crippen LogP contribution in [0.25, 0.3) is 0 Å². The maximum absolute atomic E-state index is 13.6. The highest BCUT2D eigenvalue weighted by atomic mass is 19.1. The Labute approximate surface area is 135 Å². The number of nitrogens with one attached hydrogen (secondary N) is 1. The van der Waals surface area contributed by atoms with Gasteiger partial charge in [0, 0.05) is 12.7 Å². The third-order valence-electron chi connectivity index (χ3n) is 5.06. The molecule has 6 heteroatoms. The molecule has 23 heavy (non-hydrogen) atoms. The maximum atomic E-state index is 13.6. The number of anilines is 1. The molecule has 1 aliphatic rings. The number of amides is 1. The number of aliphatic hydroxyl groups excluding tert-OH is 1. The van der Waals surface area contributed by atoms with Crippen LogP contribution >= 0.6 is 0 Å². The summed E-state index contributed by atoms with van der Waals surface area (Å²) in [5.74, 6) is -1.61. The average molecular weight is 326 g/mol. The number of piperidine rings is 1. The standard InChI is InChI=1S/C17H24F2N2O2/c1-3-17(11-22)6-8-21(9-7-17)12(2)16(23)20-15-10-13(18)4-5-14(15)19/h4-5,10,12,22H,3,6-9,11H2,1-2H3,(H,20,23). The first kappa shape index (κ1) is 17.8. The zero-order chi connectivity index (χ0) is 17.0. The lowest BCUT2D eigenvalue weighted by Crippen LogP contribution is -2.49. The van der Waals surface area contributed by atoms with Gasteiger partial charge >= 0.3 is 0 Å². The molecule has 1 unspecified atom stereocenters. The summed E-state index contributed by atoms with van der Waals surface area (Å²) in [7, 11) is 0. The van der Waals surface area contributed by atoms with Crippen LogP contribution < -0.4 is 5.32 Å². The topological polar surface area (TPSA) is 52.6 Å². The molecule has 2 N–H and O–H groups in total. The van der Waals surface area contributed by atoms with Crippen LogP contribution in [0, 0.1) is 17.0 Å².